The summed E-state index contributed by atoms with van der Waals surface area (Å²) >= 11 is 0. The number of fused-ring (bicyclic) bond motifs is 3. The molecular formula is C21H30N2O3. The Morgan fingerprint density at radius 1 is 1.19 bits per heavy atom. The van der Waals surface area contributed by atoms with Crippen LogP contribution in [0.1, 0.15) is 39.0 Å². The van der Waals surface area contributed by atoms with Crippen molar-refractivity contribution >= 4 is 5.91 Å². The quantitative estimate of drug-likeness (QED) is 0.899. The van der Waals surface area contributed by atoms with Crippen LogP contribution in [0.25, 0.3) is 0 Å². The van der Waals surface area contributed by atoms with E-state index in [0.717, 1.165) is 24.3 Å². The van der Waals surface area contributed by atoms with Gasteiger partial charge in [0.25, 0.3) is 0 Å². The van der Waals surface area contributed by atoms with Gasteiger partial charge in [-0.1, -0.05) is 18.6 Å². The van der Waals surface area contributed by atoms with Gasteiger partial charge in [-0.05, 0) is 56.6 Å². The molecule has 1 heterocycles. The van der Waals surface area contributed by atoms with Crippen LogP contribution in [0.15, 0.2) is 24.3 Å². The van der Waals surface area contributed by atoms with Gasteiger partial charge in [-0.3, -0.25) is 4.79 Å². The molecule has 2 N–H and O–H groups in total. The molecule has 0 radical (unpaired) electrons. The lowest BCUT2D eigenvalue weighted by Crippen LogP contribution is -2.51. The fraction of sp³-hybridized carbons (Fsp3) is 0.667. The average Bonchev–Trinajstić information content (AvgIpc) is 2.65. The lowest BCUT2D eigenvalue weighted by molar-refractivity contribution is -0.140. The molecule has 0 spiro atoms. The van der Waals surface area contributed by atoms with E-state index in [1.165, 1.54) is 19.3 Å². The second kappa shape index (κ2) is 7.47. The smallest absolute Gasteiger partial charge is 0.225 e. The first-order valence-corrected chi connectivity index (χ1v) is 10.1. The van der Waals surface area contributed by atoms with Crippen LogP contribution in [0.2, 0.25) is 0 Å². The molecule has 3 aliphatic rings. The predicted octanol–water partition coefficient (Wildman–Crippen LogP) is 2.83. The number of amides is 1. The Balaban J connectivity index is 1.39. The molecule has 3 atom stereocenters. The number of hydrogen-bond acceptors (Lipinski definition) is 4. The average molecular weight is 358 g/mol. The monoisotopic (exact) mass is 358 g/mol. The van der Waals surface area contributed by atoms with Gasteiger partial charge >= 0.3 is 0 Å². The molecule has 5 nitrogen and oxygen atoms in total. The molecule has 1 aliphatic heterocycles. The van der Waals surface area contributed by atoms with Crippen LogP contribution in [0.4, 0.5) is 0 Å². The molecule has 1 aromatic rings. The molecule has 2 aliphatic carbocycles. The Morgan fingerprint density at radius 2 is 1.88 bits per heavy atom. The zero-order valence-electron chi connectivity index (χ0n) is 15.6. The van der Waals surface area contributed by atoms with Crippen molar-refractivity contribution in [1.82, 2.24) is 4.90 Å². The number of likely N-dealkylation sites (N-methyl/N-ethyl adjacent to an activating group) is 1. The van der Waals surface area contributed by atoms with E-state index in [4.69, 9.17) is 15.2 Å². The zero-order chi connectivity index (χ0) is 18.1. The van der Waals surface area contributed by atoms with Crippen LogP contribution in [-0.4, -0.2) is 42.6 Å². The highest BCUT2D eigenvalue weighted by molar-refractivity contribution is 5.79. The van der Waals surface area contributed by atoms with Gasteiger partial charge in [0.05, 0.1) is 6.54 Å². The second-order valence-electron chi connectivity index (χ2n) is 8.07. The van der Waals surface area contributed by atoms with Crippen molar-refractivity contribution in [2.24, 2.45) is 23.5 Å². The van der Waals surface area contributed by atoms with Crippen LogP contribution in [0, 0.1) is 17.8 Å². The molecule has 3 unspecified atom stereocenters. The lowest BCUT2D eigenvalue weighted by Gasteiger charge is -2.44. The number of carbonyl (C=O) groups excluding carboxylic acids is 1. The van der Waals surface area contributed by atoms with Crippen LogP contribution < -0.4 is 15.2 Å². The van der Waals surface area contributed by atoms with E-state index < -0.39 is 0 Å². The molecule has 0 saturated heterocycles. The van der Waals surface area contributed by atoms with E-state index in [1.54, 1.807) is 0 Å². The minimum absolute atomic E-state index is 0.112. The summed E-state index contributed by atoms with van der Waals surface area (Å²) in [6, 6.07) is 8.02. The zero-order valence-corrected chi connectivity index (χ0v) is 15.6. The Bertz CT molecular complexity index is 636. The number of para-hydroxylation sites is 2. The minimum atomic E-state index is -0.112. The lowest BCUT2D eigenvalue weighted by atomic mass is 9.65. The van der Waals surface area contributed by atoms with Crippen molar-refractivity contribution < 1.29 is 14.3 Å². The van der Waals surface area contributed by atoms with Gasteiger partial charge in [0.1, 0.15) is 6.61 Å². The van der Waals surface area contributed by atoms with Gasteiger partial charge < -0.3 is 20.1 Å². The van der Waals surface area contributed by atoms with E-state index in [-0.39, 0.29) is 17.9 Å². The largest absolute Gasteiger partial charge is 0.486 e. The van der Waals surface area contributed by atoms with E-state index in [1.807, 2.05) is 36.1 Å². The normalized spacial score (nSPS) is 32.8. The molecule has 4 rings (SSSR count). The second-order valence-corrected chi connectivity index (χ2v) is 8.07. The van der Waals surface area contributed by atoms with E-state index in [0.29, 0.717) is 37.6 Å². The Hall–Kier alpha value is -1.75. The molecule has 1 aromatic carbocycles. The summed E-state index contributed by atoms with van der Waals surface area (Å²) in [7, 11) is 0. The number of benzene rings is 1. The summed E-state index contributed by atoms with van der Waals surface area (Å²) in [5.41, 5.74) is 6.39. The Kier molecular flexibility index (Phi) is 5.07. The van der Waals surface area contributed by atoms with Gasteiger partial charge in [-0.15, -0.1) is 0 Å². The van der Waals surface area contributed by atoms with Gasteiger partial charge in [-0.25, -0.2) is 0 Å². The van der Waals surface area contributed by atoms with E-state index in [9.17, 15) is 4.79 Å². The van der Waals surface area contributed by atoms with Crippen molar-refractivity contribution in [3.05, 3.63) is 24.3 Å². The first-order valence-electron chi connectivity index (χ1n) is 10.1. The van der Waals surface area contributed by atoms with Crippen molar-refractivity contribution in [2.45, 2.75) is 51.2 Å². The summed E-state index contributed by atoms with van der Waals surface area (Å²) < 4.78 is 11.9. The maximum absolute atomic E-state index is 13.2. The summed E-state index contributed by atoms with van der Waals surface area (Å²) in [5, 5.41) is 0. The number of nitrogens with zero attached hydrogens (tertiary/aromatic N) is 1. The third-order valence-corrected chi connectivity index (χ3v) is 6.45. The molecule has 2 fully saturated rings. The third-order valence-electron chi connectivity index (χ3n) is 6.45. The first-order chi connectivity index (χ1) is 12.7. The topological polar surface area (TPSA) is 64.8 Å². The molecule has 2 saturated carbocycles. The summed E-state index contributed by atoms with van der Waals surface area (Å²) in [4.78, 5) is 15.1. The van der Waals surface area contributed by atoms with Crippen molar-refractivity contribution in [2.75, 3.05) is 19.7 Å². The summed E-state index contributed by atoms with van der Waals surface area (Å²) in [5.74, 6) is 3.01. The van der Waals surface area contributed by atoms with Gasteiger partial charge in [-0.2, -0.15) is 0 Å². The van der Waals surface area contributed by atoms with Gasteiger partial charge in [0.2, 0.25) is 5.91 Å². The molecule has 142 valence electrons. The van der Waals surface area contributed by atoms with Crippen molar-refractivity contribution in [3.8, 4) is 11.5 Å². The summed E-state index contributed by atoms with van der Waals surface area (Å²) in [6.45, 7) is 3.83. The minimum Gasteiger partial charge on any atom is -0.486 e. The number of carbonyl (C=O) groups is 1. The molecule has 0 aromatic heterocycles. The standard InChI is InChI=1S/C21H30N2O3/c1-2-23(12-17-13-25-18-8-3-4-9-19(18)26-17)21(24)16-10-14-6-5-7-15(11-16)20(14)22/h3-4,8-9,14-17,20H,2,5-7,10-13,22H2,1H3. The highest BCUT2D eigenvalue weighted by atomic mass is 16.6. The molecule has 5 heteroatoms. The number of nitrogens with two attached hydrogens (primary N) is 1. The van der Waals surface area contributed by atoms with Crippen LogP contribution >= 0.6 is 0 Å². The van der Waals surface area contributed by atoms with Crippen LogP contribution in [-0.2, 0) is 4.79 Å². The SMILES string of the molecule is CCN(CC1COc2ccccc2O1)C(=O)C1CC2CCCC(C1)C2N. The Labute approximate surface area is 155 Å². The van der Waals surface area contributed by atoms with Crippen molar-refractivity contribution in [1.29, 1.82) is 0 Å². The summed E-state index contributed by atoms with van der Waals surface area (Å²) in [6.07, 6.45) is 5.44. The van der Waals surface area contributed by atoms with Gasteiger partial charge in [0, 0.05) is 18.5 Å². The Morgan fingerprint density at radius 3 is 2.58 bits per heavy atom. The first kappa shape index (κ1) is 17.7. The maximum Gasteiger partial charge on any atom is 0.225 e. The molecule has 1 amide bonds. The third kappa shape index (κ3) is 3.41. The highest BCUT2D eigenvalue weighted by Gasteiger charge is 2.41. The fourth-order valence-corrected chi connectivity index (χ4v) is 5.02. The molecular weight excluding hydrogens is 328 g/mol. The predicted molar refractivity (Wildman–Crippen MR) is 100 cm³/mol. The fourth-order valence-electron chi connectivity index (χ4n) is 5.02. The van der Waals surface area contributed by atoms with Crippen LogP contribution in [0.5, 0.6) is 11.5 Å². The van der Waals surface area contributed by atoms with Crippen LogP contribution in [0.3, 0.4) is 0 Å². The van der Waals surface area contributed by atoms with Crippen molar-refractivity contribution in [3.63, 3.8) is 0 Å². The molecule has 26 heavy (non-hydrogen) atoms. The van der Waals surface area contributed by atoms with E-state index >= 15 is 0 Å². The number of ether oxygens (including phenoxy) is 2. The number of hydrogen-bond donors (Lipinski definition) is 1. The van der Waals surface area contributed by atoms with E-state index in [2.05, 4.69) is 0 Å². The highest BCUT2D eigenvalue weighted by Crippen LogP contribution is 2.42. The number of rotatable bonds is 4. The van der Waals surface area contributed by atoms with Gasteiger partial charge in [0.15, 0.2) is 17.6 Å². The molecule has 2 bridgehead atoms. The maximum atomic E-state index is 13.2.